The van der Waals surface area contributed by atoms with Crippen LogP contribution in [0, 0.1) is 6.92 Å². The molecular weight excluding hydrogens is 356 g/mol. The highest BCUT2D eigenvalue weighted by atomic mass is 16.5. The number of nitrogens with zero attached hydrogens (tertiary/aromatic N) is 2. The lowest BCUT2D eigenvalue weighted by atomic mass is 9.95. The first-order valence-electron chi connectivity index (χ1n) is 10.1. The van der Waals surface area contributed by atoms with Crippen molar-refractivity contribution in [1.82, 2.24) is 15.1 Å². The smallest absolute Gasteiger partial charge is 0.322 e. The standard InChI is InChI=1S/C21H28N4O3/c1-15-4-6-16(7-5-15)19-18-17(23(2)21(27)22-19)14-25(20(18)26)9-3-8-24-10-12-28-13-11-24/h4-7,19H,3,8-14H2,1-2H3,(H,22,27)/p+1/t19-/m0/s1. The monoisotopic (exact) mass is 385 g/mol. The SMILES string of the molecule is Cc1ccc([C@@H]2NC(=O)N(C)C3=C2C(=O)N(CCC[NH+]2CCOCC2)C3)cc1. The summed E-state index contributed by atoms with van der Waals surface area (Å²) in [5, 5.41) is 3.00. The average Bonchev–Trinajstić information content (AvgIpc) is 3.03. The van der Waals surface area contributed by atoms with Gasteiger partial charge in [0.05, 0.1) is 43.6 Å². The molecule has 0 aromatic heterocycles. The number of benzene rings is 1. The van der Waals surface area contributed by atoms with Gasteiger partial charge in [0.1, 0.15) is 13.1 Å². The van der Waals surface area contributed by atoms with E-state index in [-0.39, 0.29) is 18.0 Å². The maximum Gasteiger partial charge on any atom is 0.322 e. The fraction of sp³-hybridized carbons (Fsp3) is 0.524. The zero-order chi connectivity index (χ0) is 19.7. The molecular formula is C21H29N4O3+. The number of carbonyl (C=O) groups is 2. The first-order chi connectivity index (χ1) is 13.5. The van der Waals surface area contributed by atoms with Gasteiger partial charge in [0.25, 0.3) is 5.91 Å². The summed E-state index contributed by atoms with van der Waals surface area (Å²) in [6.45, 7) is 8.04. The summed E-state index contributed by atoms with van der Waals surface area (Å²) in [5.41, 5.74) is 3.65. The highest BCUT2D eigenvalue weighted by molar-refractivity contribution is 6.01. The Morgan fingerprint density at radius 3 is 2.61 bits per heavy atom. The highest BCUT2D eigenvalue weighted by Crippen LogP contribution is 2.35. The molecule has 1 aromatic rings. The van der Waals surface area contributed by atoms with E-state index in [4.69, 9.17) is 4.74 Å². The average molecular weight is 385 g/mol. The van der Waals surface area contributed by atoms with Crippen molar-refractivity contribution < 1.29 is 19.2 Å². The van der Waals surface area contributed by atoms with Crippen LogP contribution in [0.15, 0.2) is 35.5 Å². The molecule has 0 spiro atoms. The lowest BCUT2D eigenvalue weighted by molar-refractivity contribution is -0.908. The van der Waals surface area contributed by atoms with Crippen LogP contribution in [0.5, 0.6) is 0 Å². The maximum absolute atomic E-state index is 13.2. The van der Waals surface area contributed by atoms with Crippen molar-refractivity contribution in [1.29, 1.82) is 0 Å². The second-order valence-electron chi connectivity index (χ2n) is 7.91. The van der Waals surface area contributed by atoms with Crippen molar-refractivity contribution in [3.05, 3.63) is 46.7 Å². The molecule has 3 heterocycles. The summed E-state index contributed by atoms with van der Waals surface area (Å²) in [7, 11) is 1.74. The molecule has 0 radical (unpaired) electrons. The largest absolute Gasteiger partial charge is 0.370 e. The summed E-state index contributed by atoms with van der Waals surface area (Å²) in [5.74, 6) is 0.0457. The van der Waals surface area contributed by atoms with Gasteiger partial charge in [-0.05, 0) is 12.5 Å². The van der Waals surface area contributed by atoms with E-state index in [1.165, 1.54) is 0 Å². The van der Waals surface area contributed by atoms with Crippen LogP contribution in [-0.4, -0.2) is 74.7 Å². The molecule has 7 heteroatoms. The van der Waals surface area contributed by atoms with Gasteiger partial charge in [0.15, 0.2) is 0 Å². The number of quaternary nitrogens is 1. The highest BCUT2D eigenvalue weighted by Gasteiger charge is 2.42. The Labute approximate surface area is 165 Å². The van der Waals surface area contributed by atoms with Crippen LogP contribution in [-0.2, 0) is 9.53 Å². The molecule has 1 aromatic carbocycles. The summed E-state index contributed by atoms with van der Waals surface area (Å²) < 4.78 is 5.41. The van der Waals surface area contributed by atoms with Gasteiger partial charge in [0, 0.05) is 20.0 Å². The van der Waals surface area contributed by atoms with E-state index in [2.05, 4.69) is 5.32 Å². The van der Waals surface area contributed by atoms with Gasteiger partial charge in [-0.15, -0.1) is 0 Å². The molecule has 2 N–H and O–H groups in total. The predicted molar refractivity (Wildman–Crippen MR) is 105 cm³/mol. The van der Waals surface area contributed by atoms with E-state index >= 15 is 0 Å². The number of aryl methyl sites for hydroxylation is 1. The number of hydrogen-bond donors (Lipinski definition) is 2. The molecule has 0 aliphatic carbocycles. The van der Waals surface area contributed by atoms with E-state index in [1.54, 1.807) is 16.8 Å². The molecule has 1 fully saturated rings. The quantitative estimate of drug-likeness (QED) is 0.755. The Hall–Kier alpha value is -2.38. The van der Waals surface area contributed by atoms with Crippen molar-refractivity contribution in [2.24, 2.45) is 0 Å². The number of morpholine rings is 1. The Morgan fingerprint density at radius 1 is 1.18 bits per heavy atom. The molecule has 1 atom stereocenters. The number of likely N-dealkylation sites (N-methyl/N-ethyl adjacent to an activating group) is 1. The molecule has 0 saturated carbocycles. The minimum Gasteiger partial charge on any atom is -0.370 e. The van der Waals surface area contributed by atoms with Crippen molar-refractivity contribution in [2.75, 3.05) is 53.0 Å². The fourth-order valence-corrected chi connectivity index (χ4v) is 4.24. The van der Waals surface area contributed by atoms with Crippen molar-refractivity contribution in [3.8, 4) is 0 Å². The number of urea groups is 1. The van der Waals surface area contributed by atoms with E-state index in [0.717, 1.165) is 62.6 Å². The van der Waals surface area contributed by atoms with Crippen LogP contribution in [0.4, 0.5) is 4.79 Å². The number of ether oxygens (including phenoxy) is 1. The predicted octanol–water partition coefficient (Wildman–Crippen LogP) is 0.0926. The normalized spacial score (nSPS) is 23.3. The molecule has 150 valence electrons. The molecule has 7 nitrogen and oxygen atoms in total. The van der Waals surface area contributed by atoms with E-state index in [0.29, 0.717) is 12.1 Å². The molecule has 1 saturated heterocycles. The van der Waals surface area contributed by atoms with Crippen LogP contribution >= 0.6 is 0 Å². The van der Waals surface area contributed by atoms with Gasteiger partial charge in [-0.1, -0.05) is 29.8 Å². The first-order valence-corrected chi connectivity index (χ1v) is 10.1. The number of amides is 3. The second kappa shape index (κ2) is 7.93. The van der Waals surface area contributed by atoms with Gasteiger partial charge in [0.2, 0.25) is 0 Å². The zero-order valence-electron chi connectivity index (χ0n) is 16.7. The third kappa shape index (κ3) is 3.64. The molecule has 0 bridgehead atoms. The Morgan fingerprint density at radius 2 is 1.89 bits per heavy atom. The lowest BCUT2D eigenvalue weighted by Gasteiger charge is -2.31. The first kappa shape index (κ1) is 19.0. The van der Waals surface area contributed by atoms with Crippen LogP contribution in [0.1, 0.15) is 23.6 Å². The molecule has 0 unspecified atom stereocenters. The van der Waals surface area contributed by atoms with Crippen molar-refractivity contribution >= 4 is 11.9 Å². The number of carbonyl (C=O) groups excluding carboxylic acids is 2. The van der Waals surface area contributed by atoms with Crippen LogP contribution < -0.4 is 10.2 Å². The second-order valence-corrected chi connectivity index (χ2v) is 7.91. The summed E-state index contributed by atoms with van der Waals surface area (Å²) in [6.07, 6.45) is 0.960. The van der Waals surface area contributed by atoms with Gasteiger partial charge in [-0.2, -0.15) is 0 Å². The third-order valence-electron chi connectivity index (χ3n) is 6.00. The van der Waals surface area contributed by atoms with E-state index in [1.807, 2.05) is 36.1 Å². The Kier molecular flexibility index (Phi) is 5.37. The van der Waals surface area contributed by atoms with Gasteiger partial charge in [-0.25, -0.2) is 4.79 Å². The minimum atomic E-state index is -0.373. The Bertz CT molecular complexity index is 783. The number of hydrogen-bond acceptors (Lipinski definition) is 3. The van der Waals surface area contributed by atoms with Crippen LogP contribution in [0.2, 0.25) is 0 Å². The third-order valence-corrected chi connectivity index (χ3v) is 6.00. The van der Waals surface area contributed by atoms with Gasteiger partial charge in [-0.3, -0.25) is 9.69 Å². The van der Waals surface area contributed by atoms with Crippen LogP contribution in [0.3, 0.4) is 0 Å². The molecule has 28 heavy (non-hydrogen) atoms. The van der Waals surface area contributed by atoms with Gasteiger partial charge < -0.3 is 19.9 Å². The van der Waals surface area contributed by atoms with Crippen molar-refractivity contribution in [2.45, 2.75) is 19.4 Å². The number of nitrogens with one attached hydrogen (secondary N) is 2. The number of rotatable bonds is 5. The summed E-state index contributed by atoms with van der Waals surface area (Å²) in [6, 6.07) is 7.49. The van der Waals surface area contributed by atoms with E-state index < -0.39 is 0 Å². The summed E-state index contributed by atoms with van der Waals surface area (Å²) in [4.78, 5) is 30.7. The topological polar surface area (TPSA) is 66.3 Å². The minimum absolute atomic E-state index is 0.0457. The van der Waals surface area contributed by atoms with Gasteiger partial charge >= 0.3 is 6.03 Å². The van der Waals surface area contributed by atoms with Crippen LogP contribution in [0.25, 0.3) is 0 Å². The summed E-state index contributed by atoms with van der Waals surface area (Å²) >= 11 is 0. The van der Waals surface area contributed by atoms with E-state index in [9.17, 15) is 9.59 Å². The lowest BCUT2D eigenvalue weighted by Crippen LogP contribution is -3.14. The molecule has 3 aliphatic heterocycles. The zero-order valence-corrected chi connectivity index (χ0v) is 16.7. The van der Waals surface area contributed by atoms with Crippen molar-refractivity contribution in [3.63, 3.8) is 0 Å². The molecule has 3 amide bonds. The molecule has 3 aliphatic rings. The Balaban J connectivity index is 1.47. The molecule has 4 rings (SSSR count). The maximum atomic E-state index is 13.2. The fourth-order valence-electron chi connectivity index (χ4n) is 4.24.